The monoisotopic (exact) mass is 506 g/mol. The van der Waals surface area contributed by atoms with E-state index in [0.717, 1.165) is 11.1 Å². The molecule has 0 radical (unpaired) electrons. The Morgan fingerprint density at radius 1 is 0.970 bits per heavy atom. The molecular formula is C24H24Cl2N2O4S. The number of sulfonamides is 1. The van der Waals surface area contributed by atoms with Gasteiger partial charge in [0.1, 0.15) is 5.75 Å². The summed E-state index contributed by atoms with van der Waals surface area (Å²) in [5.41, 5.74) is 2.88. The largest absolute Gasteiger partial charge is 0.481 e. The van der Waals surface area contributed by atoms with Crippen LogP contribution in [0.25, 0.3) is 0 Å². The second-order valence-corrected chi connectivity index (χ2v) is 10.0. The van der Waals surface area contributed by atoms with Crippen LogP contribution in [0.5, 0.6) is 5.75 Å². The molecule has 0 aliphatic heterocycles. The number of amides is 1. The van der Waals surface area contributed by atoms with E-state index in [1.165, 1.54) is 42.5 Å². The molecular weight excluding hydrogens is 483 g/mol. The maximum Gasteiger partial charge on any atom is 0.265 e. The van der Waals surface area contributed by atoms with Gasteiger partial charge < -0.3 is 10.1 Å². The fraction of sp³-hybridized carbons (Fsp3) is 0.208. The minimum Gasteiger partial charge on any atom is -0.481 e. The lowest BCUT2D eigenvalue weighted by molar-refractivity contribution is -0.122. The highest BCUT2D eigenvalue weighted by molar-refractivity contribution is 7.92. The minimum absolute atomic E-state index is 0.0185. The fourth-order valence-corrected chi connectivity index (χ4v) is 4.58. The Hall–Kier alpha value is -2.74. The van der Waals surface area contributed by atoms with Crippen molar-refractivity contribution in [3.8, 4) is 5.75 Å². The topological polar surface area (TPSA) is 84.5 Å². The predicted molar refractivity (Wildman–Crippen MR) is 133 cm³/mol. The number of carbonyl (C=O) groups is 1. The standard InChI is InChI=1S/C24H24Cl2N2O4S/c1-4-23(32-19-9-5-15(2)16(3)13-19)24(29)27-18-7-10-20(11-8-18)33(30,31)28-22-12-6-17(25)14-21(22)26/h5-14,23,28H,4H2,1-3H3,(H,27,29)/t23-/m0/s1. The maximum atomic E-state index is 12.7. The van der Waals surface area contributed by atoms with Crippen LogP contribution in [0.3, 0.4) is 0 Å². The molecule has 0 heterocycles. The van der Waals surface area contributed by atoms with Crippen molar-refractivity contribution >= 4 is 50.5 Å². The second-order valence-electron chi connectivity index (χ2n) is 7.50. The summed E-state index contributed by atoms with van der Waals surface area (Å²) in [6.07, 6.45) is -0.221. The molecule has 0 aromatic heterocycles. The molecule has 0 bridgehead atoms. The lowest BCUT2D eigenvalue weighted by Gasteiger charge is -2.18. The van der Waals surface area contributed by atoms with Gasteiger partial charge in [-0.15, -0.1) is 0 Å². The highest BCUT2D eigenvalue weighted by Gasteiger charge is 2.20. The summed E-state index contributed by atoms with van der Waals surface area (Å²) >= 11 is 11.9. The Labute approximate surface area is 203 Å². The molecule has 0 spiro atoms. The van der Waals surface area contributed by atoms with E-state index >= 15 is 0 Å². The first-order chi connectivity index (χ1) is 15.6. The van der Waals surface area contributed by atoms with Crippen LogP contribution < -0.4 is 14.8 Å². The normalized spacial score (nSPS) is 12.2. The third kappa shape index (κ3) is 6.41. The SMILES string of the molecule is CC[C@H](Oc1ccc(C)c(C)c1)C(=O)Nc1ccc(S(=O)(=O)Nc2ccc(Cl)cc2Cl)cc1. The second kappa shape index (κ2) is 10.5. The molecule has 3 rings (SSSR count). The number of aryl methyl sites for hydroxylation is 2. The number of hydrogen-bond donors (Lipinski definition) is 2. The van der Waals surface area contributed by atoms with E-state index in [4.69, 9.17) is 27.9 Å². The fourth-order valence-electron chi connectivity index (χ4n) is 2.99. The van der Waals surface area contributed by atoms with Gasteiger partial charge in [-0.1, -0.05) is 36.2 Å². The van der Waals surface area contributed by atoms with Crippen LogP contribution in [0, 0.1) is 13.8 Å². The van der Waals surface area contributed by atoms with E-state index in [1.807, 2.05) is 39.0 Å². The van der Waals surface area contributed by atoms with Gasteiger partial charge in [-0.3, -0.25) is 9.52 Å². The summed E-state index contributed by atoms with van der Waals surface area (Å²) in [5.74, 6) is 0.297. The van der Waals surface area contributed by atoms with Crippen molar-refractivity contribution in [3.05, 3.63) is 81.8 Å². The summed E-state index contributed by atoms with van der Waals surface area (Å²) in [4.78, 5) is 12.7. The number of rotatable bonds is 8. The number of nitrogens with one attached hydrogen (secondary N) is 2. The Balaban J connectivity index is 1.68. The van der Waals surface area contributed by atoms with Gasteiger partial charge in [0, 0.05) is 10.7 Å². The van der Waals surface area contributed by atoms with Crippen molar-refractivity contribution < 1.29 is 17.9 Å². The molecule has 0 unspecified atom stereocenters. The van der Waals surface area contributed by atoms with Crippen molar-refractivity contribution in [2.24, 2.45) is 0 Å². The molecule has 0 saturated carbocycles. The average molecular weight is 507 g/mol. The van der Waals surface area contributed by atoms with Gasteiger partial charge in [-0.05, 0) is 86.0 Å². The van der Waals surface area contributed by atoms with Crippen molar-refractivity contribution in [1.29, 1.82) is 0 Å². The number of benzene rings is 3. The highest BCUT2D eigenvalue weighted by atomic mass is 35.5. The molecule has 0 saturated heterocycles. The summed E-state index contributed by atoms with van der Waals surface area (Å²) in [6.45, 7) is 5.84. The summed E-state index contributed by atoms with van der Waals surface area (Å²) < 4.78 is 33.6. The zero-order chi connectivity index (χ0) is 24.2. The van der Waals surface area contributed by atoms with Crippen LogP contribution >= 0.6 is 23.2 Å². The Kier molecular flexibility index (Phi) is 7.89. The number of ether oxygens (including phenoxy) is 1. The van der Waals surface area contributed by atoms with Crippen molar-refractivity contribution in [2.45, 2.75) is 38.2 Å². The number of hydrogen-bond acceptors (Lipinski definition) is 4. The van der Waals surface area contributed by atoms with Crippen LogP contribution in [0.15, 0.2) is 65.6 Å². The number of halogens is 2. The molecule has 0 aliphatic rings. The number of carbonyl (C=O) groups excluding carboxylic acids is 1. The summed E-state index contributed by atoms with van der Waals surface area (Å²) in [5, 5.41) is 3.35. The lowest BCUT2D eigenvalue weighted by atomic mass is 10.1. The van der Waals surface area contributed by atoms with Crippen molar-refractivity contribution in [1.82, 2.24) is 0 Å². The first kappa shape index (κ1) is 24.9. The first-order valence-electron chi connectivity index (χ1n) is 10.2. The Morgan fingerprint density at radius 3 is 2.27 bits per heavy atom. The molecule has 0 aliphatic carbocycles. The van der Waals surface area contributed by atoms with E-state index in [9.17, 15) is 13.2 Å². The molecule has 174 valence electrons. The zero-order valence-corrected chi connectivity index (χ0v) is 20.7. The average Bonchev–Trinajstić information content (AvgIpc) is 2.76. The van der Waals surface area contributed by atoms with Crippen LogP contribution in [-0.4, -0.2) is 20.4 Å². The molecule has 6 nitrogen and oxygen atoms in total. The zero-order valence-electron chi connectivity index (χ0n) is 18.4. The van der Waals surface area contributed by atoms with E-state index in [1.54, 1.807) is 0 Å². The van der Waals surface area contributed by atoms with Crippen molar-refractivity contribution in [2.75, 3.05) is 10.0 Å². The summed E-state index contributed by atoms with van der Waals surface area (Å²) in [7, 11) is -3.88. The van der Waals surface area contributed by atoms with Crippen LogP contribution in [0.1, 0.15) is 24.5 Å². The third-order valence-electron chi connectivity index (χ3n) is 5.03. The van der Waals surface area contributed by atoms with Crippen LogP contribution in [-0.2, 0) is 14.8 Å². The lowest BCUT2D eigenvalue weighted by Crippen LogP contribution is -2.32. The van der Waals surface area contributed by atoms with Crippen molar-refractivity contribution in [3.63, 3.8) is 0 Å². The smallest absolute Gasteiger partial charge is 0.265 e. The molecule has 3 aromatic rings. The molecule has 2 N–H and O–H groups in total. The predicted octanol–water partition coefficient (Wildman–Crippen LogP) is 6.21. The molecule has 9 heteroatoms. The van der Waals surface area contributed by atoms with E-state index < -0.39 is 16.1 Å². The van der Waals surface area contributed by atoms with Gasteiger partial charge in [0.2, 0.25) is 0 Å². The van der Waals surface area contributed by atoms with Crippen LogP contribution in [0.2, 0.25) is 10.0 Å². The Bertz CT molecular complexity index is 1260. The molecule has 1 amide bonds. The number of anilines is 2. The third-order valence-corrected chi connectivity index (χ3v) is 6.96. The van der Waals surface area contributed by atoms with E-state index in [0.29, 0.717) is 22.9 Å². The van der Waals surface area contributed by atoms with Gasteiger partial charge in [0.25, 0.3) is 15.9 Å². The van der Waals surface area contributed by atoms with Gasteiger partial charge in [0.05, 0.1) is 15.6 Å². The van der Waals surface area contributed by atoms with Gasteiger partial charge in [-0.25, -0.2) is 8.42 Å². The molecule has 0 fully saturated rings. The van der Waals surface area contributed by atoms with Crippen LogP contribution in [0.4, 0.5) is 11.4 Å². The molecule has 3 aromatic carbocycles. The summed E-state index contributed by atoms with van der Waals surface area (Å²) in [6, 6.07) is 16.0. The maximum absolute atomic E-state index is 12.7. The molecule has 1 atom stereocenters. The van der Waals surface area contributed by atoms with Gasteiger partial charge >= 0.3 is 0 Å². The van der Waals surface area contributed by atoms with E-state index in [-0.39, 0.29) is 21.5 Å². The minimum atomic E-state index is -3.88. The first-order valence-corrected chi connectivity index (χ1v) is 12.5. The van der Waals surface area contributed by atoms with Gasteiger partial charge in [0.15, 0.2) is 6.10 Å². The van der Waals surface area contributed by atoms with Gasteiger partial charge in [-0.2, -0.15) is 0 Å². The highest BCUT2D eigenvalue weighted by Crippen LogP contribution is 2.28. The Morgan fingerprint density at radius 2 is 1.67 bits per heavy atom. The van der Waals surface area contributed by atoms with E-state index in [2.05, 4.69) is 10.0 Å². The quantitative estimate of drug-likeness (QED) is 0.380. The molecule has 33 heavy (non-hydrogen) atoms.